The molecule has 1 unspecified atom stereocenters. The Morgan fingerprint density at radius 1 is 1.45 bits per heavy atom. The standard InChI is InChI=1S/C9H13BrO/c1-2-9(11)7-5-3-4-6-8(7)10/h2,9,11H,1,3-6H2. The van der Waals surface area contributed by atoms with E-state index in [1.54, 1.807) is 6.08 Å². The van der Waals surface area contributed by atoms with Crippen LogP contribution in [-0.4, -0.2) is 11.2 Å². The van der Waals surface area contributed by atoms with Crippen molar-refractivity contribution >= 4 is 15.9 Å². The van der Waals surface area contributed by atoms with Crippen LogP contribution in [0.2, 0.25) is 0 Å². The second kappa shape index (κ2) is 4.07. The van der Waals surface area contributed by atoms with E-state index in [-0.39, 0.29) is 0 Å². The summed E-state index contributed by atoms with van der Waals surface area (Å²) in [5.41, 5.74) is 1.12. The highest BCUT2D eigenvalue weighted by atomic mass is 79.9. The van der Waals surface area contributed by atoms with Crippen LogP contribution in [0.5, 0.6) is 0 Å². The van der Waals surface area contributed by atoms with E-state index in [2.05, 4.69) is 22.5 Å². The topological polar surface area (TPSA) is 20.2 Å². The summed E-state index contributed by atoms with van der Waals surface area (Å²) in [4.78, 5) is 0. The summed E-state index contributed by atoms with van der Waals surface area (Å²) in [6, 6.07) is 0. The molecule has 0 saturated carbocycles. The molecule has 2 heteroatoms. The van der Waals surface area contributed by atoms with Crippen molar-refractivity contribution < 1.29 is 5.11 Å². The third kappa shape index (κ3) is 2.17. The Morgan fingerprint density at radius 2 is 2.09 bits per heavy atom. The maximum absolute atomic E-state index is 9.45. The van der Waals surface area contributed by atoms with Gasteiger partial charge < -0.3 is 5.11 Å². The minimum atomic E-state index is -0.440. The molecule has 0 heterocycles. The second-order valence-corrected chi connectivity index (χ2v) is 3.78. The highest BCUT2D eigenvalue weighted by Crippen LogP contribution is 2.30. The van der Waals surface area contributed by atoms with E-state index in [0.717, 1.165) is 18.4 Å². The van der Waals surface area contributed by atoms with E-state index >= 15 is 0 Å². The van der Waals surface area contributed by atoms with Crippen LogP contribution < -0.4 is 0 Å². The van der Waals surface area contributed by atoms with E-state index in [9.17, 15) is 5.11 Å². The minimum absolute atomic E-state index is 0.440. The van der Waals surface area contributed by atoms with Crippen LogP contribution >= 0.6 is 15.9 Å². The number of allylic oxidation sites excluding steroid dienone is 1. The van der Waals surface area contributed by atoms with Crippen LogP contribution in [0.3, 0.4) is 0 Å². The number of halogens is 1. The van der Waals surface area contributed by atoms with Gasteiger partial charge in [0.1, 0.15) is 0 Å². The Hall–Kier alpha value is -0.0800. The number of aliphatic hydroxyl groups excluding tert-OH is 1. The van der Waals surface area contributed by atoms with Crippen LogP contribution in [0.25, 0.3) is 0 Å². The number of hydrogen-bond donors (Lipinski definition) is 1. The molecule has 1 rings (SSSR count). The molecular weight excluding hydrogens is 204 g/mol. The molecule has 62 valence electrons. The van der Waals surface area contributed by atoms with Gasteiger partial charge in [0.2, 0.25) is 0 Å². The molecular formula is C9H13BrO. The molecule has 1 atom stereocenters. The normalized spacial score (nSPS) is 21.6. The monoisotopic (exact) mass is 216 g/mol. The van der Waals surface area contributed by atoms with Gasteiger partial charge >= 0.3 is 0 Å². The first-order valence-electron chi connectivity index (χ1n) is 3.93. The molecule has 0 saturated heterocycles. The molecule has 1 nitrogen and oxygen atoms in total. The molecule has 0 fully saturated rings. The van der Waals surface area contributed by atoms with Crippen molar-refractivity contribution in [1.29, 1.82) is 0 Å². The van der Waals surface area contributed by atoms with Gasteiger partial charge in [-0.25, -0.2) is 0 Å². The summed E-state index contributed by atoms with van der Waals surface area (Å²) in [6.07, 6.45) is 5.64. The quantitative estimate of drug-likeness (QED) is 0.705. The lowest BCUT2D eigenvalue weighted by Gasteiger charge is -2.18. The van der Waals surface area contributed by atoms with E-state index < -0.39 is 6.10 Å². The Morgan fingerprint density at radius 3 is 2.64 bits per heavy atom. The molecule has 0 aromatic rings. The number of hydrogen-bond acceptors (Lipinski definition) is 1. The first-order valence-corrected chi connectivity index (χ1v) is 4.73. The molecule has 0 spiro atoms. The van der Waals surface area contributed by atoms with E-state index in [1.165, 1.54) is 17.3 Å². The first kappa shape index (κ1) is 9.01. The average molecular weight is 217 g/mol. The zero-order valence-electron chi connectivity index (χ0n) is 6.52. The maximum Gasteiger partial charge on any atom is 0.0939 e. The minimum Gasteiger partial charge on any atom is -0.385 e. The predicted molar refractivity (Wildman–Crippen MR) is 50.6 cm³/mol. The van der Waals surface area contributed by atoms with Gasteiger partial charge in [-0.15, -0.1) is 6.58 Å². The second-order valence-electron chi connectivity index (χ2n) is 2.82. The molecule has 1 aliphatic carbocycles. The summed E-state index contributed by atoms with van der Waals surface area (Å²) >= 11 is 3.47. The van der Waals surface area contributed by atoms with Gasteiger partial charge in [-0.1, -0.05) is 22.0 Å². The number of aliphatic hydroxyl groups is 1. The molecule has 0 aromatic heterocycles. The summed E-state index contributed by atoms with van der Waals surface area (Å²) in [6.45, 7) is 3.57. The lowest BCUT2D eigenvalue weighted by molar-refractivity contribution is 0.251. The highest BCUT2D eigenvalue weighted by Gasteiger charge is 2.14. The van der Waals surface area contributed by atoms with Crippen LogP contribution in [0, 0.1) is 0 Å². The molecule has 0 aromatic carbocycles. The van der Waals surface area contributed by atoms with Gasteiger partial charge in [0.25, 0.3) is 0 Å². The fraction of sp³-hybridized carbons (Fsp3) is 0.556. The molecule has 0 amide bonds. The van der Waals surface area contributed by atoms with Crippen molar-refractivity contribution in [2.24, 2.45) is 0 Å². The molecule has 1 N–H and O–H groups in total. The molecule has 0 radical (unpaired) electrons. The van der Waals surface area contributed by atoms with Gasteiger partial charge in [-0.05, 0) is 35.7 Å². The third-order valence-electron chi connectivity index (χ3n) is 2.02. The maximum atomic E-state index is 9.45. The third-order valence-corrected chi connectivity index (χ3v) is 2.93. The number of rotatable bonds is 2. The van der Waals surface area contributed by atoms with E-state index in [0.29, 0.717) is 0 Å². The summed E-state index contributed by atoms with van der Waals surface area (Å²) < 4.78 is 1.18. The van der Waals surface area contributed by atoms with Crippen molar-refractivity contribution in [1.82, 2.24) is 0 Å². The molecule has 0 aliphatic heterocycles. The fourth-order valence-electron chi connectivity index (χ4n) is 1.34. The van der Waals surface area contributed by atoms with Crippen molar-refractivity contribution in [3.05, 3.63) is 22.7 Å². The van der Waals surface area contributed by atoms with Gasteiger partial charge in [0.05, 0.1) is 6.10 Å². The summed E-state index contributed by atoms with van der Waals surface area (Å²) in [5.74, 6) is 0. The van der Waals surface area contributed by atoms with Gasteiger partial charge in [0.15, 0.2) is 0 Å². The van der Waals surface area contributed by atoms with E-state index in [4.69, 9.17) is 0 Å². The van der Waals surface area contributed by atoms with Gasteiger partial charge in [-0.2, -0.15) is 0 Å². The van der Waals surface area contributed by atoms with Crippen molar-refractivity contribution in [3.63, 3.8) is 0 Å². The Balaban J connectivity index is 2.73. The average Bonchev–Trinajstić information content (AvgIpc) is 2.04. The zero-order valence-corrected chi connectivity index (χ0v) is 8.10. The van der Waals surface area contributed by atoms with Gasteiger partial charge in [-0.3, -0.25) is 0 Å². The lowest BCUT2D eigenvalue weighted by Crippen LogP contribution is -2.10. The van der Waals surface area contributed by atoms with Crippen LogP contribution in [0.4, 0.5) is 0 Å². The van der Waals surface area contributed by atoms with Crippen molar-refractivity contribution in [2.45, 2.75) is 31.8 Å². The Labute approximate surface area is 75.9 Å². The molecule has 0 bridgehead atoms. The highest BCUT2D eigenvalue weighted by molar-refractivity contribution is 9.11. The molecule has 11 heavy (non-hydrogen) atoms. The lowest BCUT2D eigenvalue weighted by atomic mass is 9.95. The van der Waals surface area contributed by atoms with Crippen LogP contribution in [-0.2, 0) is 0 Å². The summed E-state index contributed by atoms with van der Waals surface area (Å²) in [7, 11) is 0. The SMILES string of the molecule is C=CC(O)C1=C(Br)CCCC1. The zero-order chi connectivity index (χ0) is 8.27. The summed E-state index contributed by atoms with van der Waals surface area (Å²) in [5, 5.41) is 9.45. The fourth-order valence-corrected chi connectivity index (χ4v) is 2.06. The van der Waals surface area contributed by atoms with Crippen molar-refractivity contribution in [3.8, 4) is 0 Å². The first-order chi connectivity index (χ1) is 5.25. The molecule has 1 aliphatic rings. The predicted octanol–water partition coefficient (Wildman–Crippen LogP) is 2.76. The Bertz CT molecular complexity index is 184. The van der Waals surface area contributed by atoms with Crippen LogP contribution in [0.15, 0.2) is 22.7 Å². The van der Waals surface area contributed by atoms with E-state index in [1.807, 2.05) is 0 Å². The largest absolute Gasteiger partial charge is 0.385 e. The van der Waals surface area contributed by atoms with Crippen molar-refractivity contribution in [2.75, 3.05) is 0 Å². The van der Waals surface area contributed by atoms with Gasteiger partial charge in [0, 0.05) is 0 Å². The smallest absolute Gasteiger partial charge is 0.0939 e. The van der Waals surface area contributed by atoms with Crippen LogP contribution in [0.1, 0.15) is 25.7 Å². The Kier molecular flexibility index (Phi) is 3.34.